The van der Waals surface area contributed by atoms with E-state index in [1.165, 1.54) is 21.1 Å². The Kier molecular flexibility index (Phi) is 10.9. The predicted molar refractivity (Wildman–Crippen MR) is 101 cm³/mol. The lowest BCUT2D eigenvalue weighted by Crippen LogP contribution is -2.61. The van der Waals surface area contributed by atoms with E-state index in [2.05, 4.69) is 5.32 Å². The van der Waals surface area contributed by atoms with Gasteiger partial charge in [0.05, 0.1) is 43.7 Å². The number of hydrogen-bond acceptors (Lipinski definition) is 10. The normalized spacial score (nSPS) is 42.6. The first kappa shape index (κ1) is 26.1. The maximum atomic E-state index is 11.0. The molecule has 7 N–H and O–H groups in total. The lowest BCUT2D eigenvalue weighted by molar-refractivity contribution is -0.245. The number of rotatable bonds is 5. The predicted octanol–water partition coefficient (Wildman–Crippen LogP) is -2.47. The Morgan fingerprint density at radius 1 is 0.966 bits per heavy atom. The zero-order chi connectivity index (χ0) is 22.3. The van der Waals surface area contributed by atoms with Gasteiger partial charge in [-0.05, 0) is 0 Å². The maximum Gasteiger partial charge on any atom is 0.217 e. The van der Waals surface area contributed by atoms with E-state index < -0.39 is 49.1 Å². The quantitative estimate of drug-likeness (QED) is 0.277. The summed E-state index contributed by atoms with van der Waals surface area (Å²) in [7, 11) is 2.89. The van der Waals surface area contributed by atoms with Gasteiger partial charge in [-0.2, -0.15) is 0 Å². The van der Waals surface area contributed by atoms with Gasteiger partial charge < -0.3 is 50.4 Å². The topological polar surface area (TPSA) is 173 Å². The highest BCUT2D eigenvalue weighted by atomic mass is 16.7. The van der Waals surface area contributed by atoms with Crippen molar-refractivity contribution in [2.45, 2.75) is 69.9 Å². The van der Waals surface area contributed by atoms with Crippen molar-refractivity contribution >= 4 is 5.91 Å². The highest BCUT2D eigenvalue weighted by Crippen LogP contribution is 2.26. The molecule has 0 spiro atoms. The van der Waals surface area contributed by atoms with E-state index in [9.17, 15) is 15.0 Å². The SMILES string of the molecule is COC1OC(CO)C(C)C(O)C1N.COC1OC(CO)C(C)C(O)C1NC(C)=O. The molecule has 0 aromatic heterocycles. The monoisotopic (exact) mass is 424 g/mol. The minimum Gasteiger partial charge on any atom is -0.394 e. The first-order valence-electron chi connectivity index (χ1n) is 9.59. The van der Waals surface area contributed by atoms with Gasteiger partial charge >= 0.3 is 0 Å². The van der Waals surface area contributed by atoms with Crippen molar-refractivity contribution in [2.75, 3.05) is 27.4 Å². The fourth-order valence-corrected chi connectivity index (χ4v) is 3.43. The third kappa shape index (κ3) is 6.54. The lowest BCUT2D eigenvalue weighted by atomic mass is 9.89. The minimum absolute atomic E-state index is 0.134. The second kappa shape index (κ2) is 12.1. The van der Waals surface area contributed by atoms with Crippen molar-refractivity contribution < 1.29 is 44.2 Å². The van der Waals surface area contributed by atoms with Crippen LogP contribution in [0.2, 0.25) is 0 Å². The average molecular weight is 424 g/mol. The van der Waals surface area contributed by atoms with Crippen molar-refractivity contribution in [3.05, 3.63) is 0 Å². The number of carbonyl (C=O) groups is 1. The molecule has 2 rings (SSSR count). The van der Waals surface area contributed by atoms with Gasteiger partial charge in [0.2, 0.25) is 5.91 Å². The van der Waals surface area contributed by atoms with Gasteiger partial charge in [0.15, 0.2) is 12.6 Å². The molecule has 0 saturated carbocycles. The molecule has 2 saturated heterocycles. The number of nitrogens with two attached hydrogens (primary N) is 1. The molecule has 2 fully saturated rings. The largest absolute Gasteiger partial charge is 0.394 e. The van der Waals surface area contributed by atoms with Gasteiger partial charge in [0, 0.05) is 33.0 Å². The standard InChI is InChI=1S/C10H19NO5.C8H17NO4/c1-5-7(4-12)16-10(15-3)8(9(5)14)11-6(2)13;1-4-5(3-10)13-8(12-2)6(9)7(4)11/h5,7-10,12,14H,4H2,1-3H3,(H,11,13);4-8,10-11H,3,9H2,1-2H3. The van der Waals surface area contributed by atoms with Gasteiger partial charge in [-0.25, -0.2) is 0 Å². The summed E-state index contributed by atoms with van der Waals surface area (Å²) in [5, 5.41) is 40.3. The van der Waals surface area contributed by atoms with Crippen LogP contribution in [0.4, 0.5) is 0 Å². The summed E-state index contributed by atoms with van der Waals surface area (Å²) in [5.74, 6) is -0.705. The molecule has 11 nitrogen and oxygen atoms in total. The van der Waals surface area contributed by atoms with Crippen LogP contribution in [0, 0.1) is 11.8 Å². The fourth-order valence-electron chi connectivity index (χ4n) is 3.43. The summed E-state index contributed by atoms with van der Waals surface area (Å²) in [4.78, 5) is 11.0. The van der Waals surface area contributed by atoms with Crippen LogP contribution in [0.1, 0.15) is 20.8 Å². The molecule has 29 heavy (non-hydrogen) atoms. The molecular formula is C18H36N2O9. The van der Waals surface area contributed by atoms with Crippen molar-refractivity contribution in [3.63, 3.8) is 0 Å². The number of aliphatic hydroxyl groups excluding tert-OH is 4. The van der Waals surface area contributed by atoms with Crippen molar-refractivity contribution in [1.82, 2.24) is 5.32 Å². The van der Waals surface area contributed by atoms with Gasteiger partial charge in [-0.15, -0.1) is 0 Å². The van der Waals surface area contributed by atoms with Crippen LogP contribution in [-0.2, 0) is 23.7 Å². The van der Waals surface area contributed by atoms with E-state index in [0.29, 0.717) is 0 Å². The van der Waals surface area contributed by atoms with E-state index in [1.807, 2.05) is 0 Å². The van der Waals surface area contributed by atoms with Crippen molar-refractivity contribution in [3.8, 4) is 0 Å². The summed E-state index contributed by atoms with van der Waals surface area (Å²) >= 11 is 0. The van der Waals surface area contributed by atoms with E-state index in [0.717, 1.165) is 0 Å². The number of amides is 1. The molecule has 10 unspecified atom stereocenters. The van der Waals surface area contributed by atoms with Crippen LogP contribution >= 0.6 is 0 Å². The summed E-state index contributed by atoms with van der Waals surface area (Å²) in [6, 6.07) is -1.16. The Hall–Kier alpha value is -0.890. The molecule has 1 amide bonds. The summed E-state index contributed by atoms with van der Waals surface area (Å²) in [6.45, 7) is 4.58. The molecule has 0 bridgehead atoms. The Balaban J connectivity index is 0.000000296. The number of ether oxygens (including phenoxy) is 4. The summed E-state index contributed by atoms with van der Waals surface area (Å²) < 4.78 is 20.7. The molecule has 11 heteroatoms. The third-order valence-electron chi connectivity index (χ3n) is 5.43. The van der Waals surface area contributed by atoms with Crippen LogP contribution in [-0.4, -0.2) is 103 Å². The Morgan fingerprint density at radius 2 is 1.41 bits per heavy atom. The highest BCUT2D eigenvalue weighted by molar-refractivity contribution is 5.73. The van der Waals surface area contributed by atoms with E-state index in [4.69, 9.17) is 34.9 Å². The first-order chi connectivity index (χ1) is 13.6. The maximum absolute atomic E-state index is 11.0. The van der Waals surface area contributed by atoms with Crippen LogP contribution in [0.5, 0.6) is 0 Å². The van der Waals surface area contributed by atoms with Gasteiger partial charge in [0.25, 0.3) is 0 Å². The molecule has 2 heterocycles. The third-order valence-corrected chi connectivity index (χ3v) is 5.43. The van der Waals surface area contributed by atoms with Gasteiger partial charge in [0.1, 0.15) is 6.04 Å². The summed E-state index contributed by atoms with van der Waals surface area (Å²) in [5.41, 5.74) is 5.66. The van der Waals surface area contributed by atoms with Crippen LogP contribution in [0.3, 0.4) is 0 Å². The highest BCUT2D eigenvalue weighted by Gasteiger charge is 2.43. The van der Waals surface area contributed by atoms with E-state index >= 15 is 0 Å². The fraction of sp³-hybridized carbons (Fsp3) is 0.944. The first-order valence-corrected chi connectivity index (χ1v) is 9.59. The zero-order valence-electron chi connectivity index (χ0n) is 17.6. The molecule has 2 aliphatic heterocycles. The van der Waals surface area contributed by atoms with Crippen LogP contribution in [0.25, 0.3) is 0 Å². The smallest absolute Gasteiger partial charge is 0.217 e. The minimum atomic E-state index is -0.806. The second-order valence-electron chi connectivity index (χ2n) is 7.43. The number of carbonyl (C=O) groups excluding carboxylic acids is 1. The molecule has 2 aliphatic rings. The molecule has 0 aromatic carbocycles. The van der Waals surface area contributed by atoms with Gasteiger partial charge in [-0.1, -0.05) is 13.8 Å². The van der Waals surface area contributed by atoms with Crippen molar-refractivity contribution in [1.29, 1.82) is 0 Å². The molecule has 172 valence electrons. The Morgan fingerprint density at radius 3 is 1.83 bits per heavy atom. The number of aliphatic hydroxyl groups is 4. The molecule has 0 aliphatic carbocycles. The number of nitrogens with one attached hydrogen (secondary N) is 1. The Labute approximate surface area is 171 Å². The number of methoxy groups -OCH3 is 2. The van der Waals surface area contributed by atoms with Crippen LogP contribution in [0.15, 0.2) is 0 Å². The molecule has 0 radical (unpaired) electrons. The van der Waals surface area contributed by atoms with Gasteiger partial charge in [-0.3, -0.25) is 4.79 Å². The average Bonchev–Trinajstić information content (AvgIpc) is 2.70. The molecular weight excluding hydrogens is 388 g/mol. The van der Waals surface area contributed by atoms with E-state index in [-0.39, 0.29) is 31.0 Å². The summed E-state index contributed by atoms with van der Waals surface area (Å²) in [6.07, 6.45) is -3.77. The lowest BCUT2D eigenvalue weighted by Gasteiger charge is -2.42. The second-order valence-corrected chi connectivity index (χ2v) is 7.43. The Bertz CT molecular complexity index is 476. The van der Waals surface area contributed by atoms with Crippen LogP contribution < -0.4 is 11.1 Å². The van der Waals surface area contributed by atoms with E-state index in [1.54, 1.807) is 13.8 Å². The molecule has 0 aromatic rings. The van der Waals surface area contributed by atoms with Crippen molar-refractivity contribution in [2.24, 2.45) is 17.6 Å². The molecule has 10 atom stereocenters. The number of hydrogen-bond donors (Lipinski definition) is 6. The zero-order valence-corrected chi connectivity index (χ0v) is 17.6.